The predicted octanol–water partition coefficient (Wildman–Crippen LogP) is 2.80. The molecular formula is C15H19NO2. The van der Waals surface area contributed by atoms with Crippen LogP contribution in [0.1, 0.15) is 18.4 Å². The number of benzene rings is 1. The van der Waals surface area contributed by atoms with E-state index in [4.69, 9.17) is 0 Å². The Kier molecular flexibility index (Phi) is 6.33. The molecule has 0 heterocycles. The first-order chi connectivity index (χ1) is 8.76. The molecule has 0 atom stereocenters. The van der Waals surface area contributed by atoms with Crippen LogP contribution in [0.25, 0.3) is 0 Å². The molecule has 0 saturated heterocycles. The van der Waals surface area contributed by atoms with Crippen molar-refractivity contribution in [2.24, 2.45) is 0 Å². The maximum Gasteiger partial charge on any atom is 0.309 e. The van der Waals surface area contributed by atoms with Crippen molar-refractivity contribution in [3.63, 3.8) is 0 Å². The summed E-state index contributed by atoms with van der Waals surface area (Å²) >= 11 is 0. The third-order valence-corrected chi connectivity index (χ3v) is 2.46. The number of hydrogen-bond donors (Lipinski definition) is 1. The van der Waals surface area contributed by atoms with Gasteiger partial charge in [-0.2, -0.15) is 0 Å². The van der Waals surface area contributed by atoms with E-state index in [0.29, 0.717) is 12.8 Å². The van der Waals surface area contributed by atoms with E-state index in [9.17, 15) is 4.79 Å². The van der Waals surface area contributed by atoms with Crippen molar-refractivity contribution in [2.45, 2.75) is 19.4 Å². The number of ether oxygens (including phenoxy) is 1. The smallest absolute Gasteiger partial charge is 0.309 e. The average Bonchev–Trinajstić information content (AvgIpc) is 2.40. The van der Waals surface area contributed by atoms with E-state index in [1.54, 1.807) is 6.08 Å². The third-order valence-electron chi connectivity index (χ3n) is 2.46. The van der Waals surface area contributed by atoms with Crippen LogP contribution in [0.4, 0.5) is 0 Å². The fraction of sp³-hybridized carbons (Fsp3) is 0.267. The van der Waals surface area contributed by atoms with Crippen molar-refractivity contribution in [1.29, 1.82) is 0 Å². The van der Waals surface area contributed by atoms with Gasteiger partial charge in [-0.05, 0) is 23.8 Å². The number of carbonyl (C=O) groups excluding carboxylic acids is 1. The largest absolute Gasteiger partial charge is 0.469 e. The van der Waals surface area contributed by atoms with Crippen LogP contribution in [-0.4, -0.2) is 13.1 Å². The molecule has 3 nitrogen and oxygen atoms in total. The minimum absolute atomic E-state index is 0.232. The lowest BCUT2D eigenvalue weighted by atomic mass is 10.1. The van der Waals surface area contributed by atoms with E-state index in [1.165, 1.54) is 12.7 Å². The first kappa shape index (κ1) is 14.0. The van der Waals surface area contributed by atoms with Gasteiger partial charge in [-0.15, -0.1) is 6.58 Å². The van der Waals surface area contributed by atoms with Crippen molar-refractivity contribution >= 4 is 5.97 Å². The van der Waals surface area contributed by atoms with Gasteiger partial charge in [0.25, 0.3) is 0 Å². The monoisotopic (exact) mass is 245 g/mol. The van der Waals surface area contributed by atoms with E-state index in [1.807, 2.05) is 36.5 Å². The summed E-state index contributed by atoms with van der Waals surface area (Å²) in [5.74, 6) is -0.232. The van der Waals surface area contributed by atoms with Crippen molar-refractivity contribution in [3.05, 3.63) is 60.3 Å². The second kappa shape index (κ2) is 8.12. The summed E-state index contributed by atoms with van der Waals surface area (Å²) < 4.78 is 4.65. The van der Waals surface area contributed by atoms with E-state index >= 15 is 0 Å². The number of esters is 1. The summed E-state index contributed by atoms with van der Waals surface area (Å²) in [4.78, 5) is 11.2. The van der Waals surface area contributed by atoms with Gasteiger partial charge in [0.1, 0.15) is 0 Å². The second-order valence-corrected chi connectivity index (χ2v) is 3.91. The molecule has 0 aliphatic carbocycles. The number of carbonyl (C=O) groups is 1. The molecule has 0 aromatic heterocycles. The van der Waals surface area contributed by atoms with Crippen molar-refractivity contribution in [3.8, 4) is 0 Å². The summed E-state index contributed by atoms with van der Waals surface area (Å²) in [5, 5.41) is 3.20. The Labute approximate surface area is 108 Å². The molecule has 1 rings (SSSR count). The van der Waals surface area contributed by atoms with Crippen LogP contribution < -0.4 is 5.32 Å². The van der Waals surface area contributed by atoms with E-state index < -0.39 is 0 Å². The quantitative estimate of drug-likeness (QED) is 0.593. The van der Waals surface area contributed by atoms with Gasteiger partial charge in [0.15, 0.2) is 0 Å². The molecule has 0 aliphatic heterocycles. The van der Waals surface area contributed by atoms with E-state index in [2.05, 4.69) is 16.6 Å². The SMILES string of the molecule is C=CC/C(=C\NCc1ccccc1)CC(=O)OC. The lowest BCUT2D eigenvalue weighted by Gasteiger charge is -2.06. The molecule has 0 amide bonds. The fourth-order valence-corrected chi connectivity index (χ4v) is 1.53. The molecule has 0 unspecified atom stereocenters. The summed E-state index contributed by atoms with van der Waals surface area (Å²) in [6, 6.07) is 10.1. The Bertz CT molecular complexity index is 410. The normalized spacial score (nSPS) is 10.8. The lowest BCUT2D eigenvalue weighted by Crippen LogP contribution is -2.08. The fourth-order valence-electron chi connectivity index (χ4n) is 1.53. The van der Waals surface area contributed by atoms with Crippen LogP contribution in [0.5, 0.6) is 0 Å². The summed E-state index contributed by atoms with van der Waals surface area (Å²) in [6.07, 6.45) is 4.62. The Balaban J connectivity index is 2.49. The van der Waals surface area contributed by atoms with E-state index in [-0.39, 0.29) is 5.97 Å². The van der Waals surface area contributed by atoms with Crippen LogP contribution in [0.15, 0.2) is 54.8 Å². The minimum atomic E-state index is -0.232. The standard InChI is InChI=1S/C15H19NO2/c1-3-7-14(10-15(17)18-2)12-16-11-13-8-5-4-6-9-13/h3-6,8-9,12,16H,1,7,10-11H2,2H3/b14-12+. The summed E-state index contributed by atoms with van der Waals surface area (Å²) in [5.41, 5.74) is 2.16. The van der Waals surface area contributed by atoms with Crippen molar-refractivity contribution < 1.29 is 9.53 Å². The van der Waals surface area contributed by atoms with Crippen LogP contribution in [0.3, 0.4) is 0 Å². The Morgan fingerprint density at radius 3 is 2.72 bits per heavy atom. The summed E-state index contributed by atoms with van der Waals surface area (Å²) in [7, 11) is 1.39. The van der Waals surface area contributed by atoms with Crippen LogP contribution in [0, 0.1) is 0 Å². The molecule has 0 fully saturated rings. The molecule has 3 heteroatoms. The molecule has 1 aromatic rings. The van der Waals surface area contributed by atoms with Gasteiger partial charge in [0.2, 0.25) is 0 Å². The minimum Gasteiger partial charge on any atom is -0.469 e. The first-order valence-electron chi connectivity index (χ1n) is 5.89. The van der Waals surface area contributed by atoms with Gasteiger partial charge in [0.05, 0.1) is 13.5 Å². The van der Waals surface area contributed by atoms with Gasteiger partial charge in [-0.3, -0.25) is 4.79 Å². The van der Waals surface area contributed by atoms with Gasteiger partial charge < -0.3 is 10.1 Å². The van der Waals surface area contributed by atoms with Crippen LogP contribution in [-0.2, 0) is 16.1 Å². The topological polar surface area (TPSA) is 38.3 Å². The predicted molar refractivity (Wildman–Crippen MR) is 72.8 cm³/mol. The highest BCUT2D eigenvalue weighted by Crippen LogP contribution is 2.08. The Hall–Kier alpha value is -2.03. The maximum absolute atomic E-state index is 11.2. The van der Waals surface area contributed by atoms with Gasteiger partial charge >= 0.3 is 5.97 Å². The summed E-state index contributed by atoms with van der Waals surface area (Å²) in [6.45, 7) is 4.42. The molecule has 1 N–H and O–H groups in total. The average molecular weight is 245 g/mol. The molecular weight excluding hydrogens is 226 g/mol. The highest BCUT2D eigenvalue weighted by Gasteiger charge is 2.04. The zero-order chi connectivity index (χ0) is 13.2. The highest BCUT2D eigenvalue weighted by atomic mass is 16.5. The first-order valence-corrected chi connectivity index (χ1v) is 5.89. The molecule has 0 radical (unpaired) electrons. The Morgan fingerprint density at radius 2 is 2.11 bits per heavy atom. The van der Waals surface area contributed by atoms with Crippen molar-refractivity contribution in [2.75, 3.05) is 7.11 Å². The van der Waals surface area contributed by atoms with Crippen LogP contribution in [0.2, 0.25) is 0 Å². The Morgan fingerprint density at radius 1 is 1.39 bits per heavy atom. The van der Waals surface area contributed by atoms with Gasteiger partial charge in [0, 0.05) is 6.54 Å². The zero-order valence-corrected chi connectivity index (χ0v) is 10.7. The number of methoxy groups -OCH3 is 1. The molecule has 1 aromatic carbocycles. The second-order valence-electron chi connectivity index (χ2n) is 3.91. The highest BCUT2D eigenvalue weighted by molar-refractivity contribution is 5.72. The molecule has 0 spiro atoms. The lowest BCUT2D eigenvalue weighted by molar-refractivity contribution is -0.139. The number of rotatable bonds is 7. The molecule has 18 heavy (non-hydrogen) atoms. The molecule has 0 aliphatic rings. The van der Waals surface area contributed by atoms with E-state index in [0.717, 1.165) is 12.1 Å². The van der Waals surface area contributed by atoms with Crippen molar-refractivity contribution in [1.82, 2.24) is 5.32 Å². The van der Waals surface area contributed by atoms with Gasteiger partial charge in [-0.25, -0.2) is 0 Å². The van der Waals surface area contributed by atoms with Gasteiger partial charge in [-0.1, -0.05) is 36.4 Å². The number of hydrogen-bond acceptors (Lipinski definition) is 3. The number of allylic oxidation sites excluding steroid dienone is 1. The molecule has 0 bridgehead atoms. The third kappa shape index (κ3) is 5.34. The molecule has 0 saturated carbocycles. The maximum atomic E-state index is 11.2. The number of nitrogens with one attached hydrogen (secondary N) is 1. The molecule has 96 valence electrons. The zero-order valence-electron chi connectivity index (χ0n) is 10.7. The van der Waals surface area contributed by atoms with Crippen LogP contribution >= 0.6 is 0 Å².